The second-order valence-electron chi connectivity index (χ2n) is 6.85. The van der Waals surface area contributed by atoms with E-state index in [0.717, 1.165) is 36.3 Å². The molecule has 28 heavy (non-hydrogen) atoms. The number of anilines is 3. The topological polar surface area (TPSA) is 94.7 Å². The van der Waals surface area contributed by atoms with E-state index in [1.807, 2.05) is 57.4 Å². The van der Waals surface area contributed by atoms with Crippen LogP contribution >= 0.6 is 0 Å². The molecule has 0 spiro atoms. The molecule has 2 amide bonds. The number of carbonyl (C=O) groups excluding carboxylic acids is 1. The van der Waals surface area contributed by atoms with Gasteiger partial charge in [0.15, 0.2) is 0 Å². The number of H-pyrrole nitrogens is 1. The van der Waals surface area contributed by atoms with Crippen LogP contribution in [0.4, 0.5) is 22.2 Å². The SMILES string of the molecule is Cc1cc(NCCCc2cc[nH]c2)nc(NC(=O)Nc2ccc(C)c(C)c2)n1. The van der Waals surface area contributed by atoms with Crippen molar-refractivity contribution in [2.45, 2.75) is 33.6 Å². The standard InChI is InChI=1S/C21H26N6O/c1-14-6-7-18(11-15(14)2)25-21(28)27-20-24-16(3)12-19(26-20)23-9-4-5-17-8-10-22-13-17/h6-8,10-13,22H,4-5,9H2,1-3H3,(H3,23,24,25,26,27,28). The van der Waals surface area contributed by atoms with E-state index in [-0.39, 0.29) is 12.0 Å². The van der Waals surface area contributed by atoms with Crippen molar-refractivity contribution in [3.8, 4) is 0 Å². The van der Waals surface area contributed by atoms with Gasteiger partial charge in [-0.2, -0.15) is 4.98 Å². The summed E-state index contributed by atoms with van der Waals surface area (Å²) < 4.78 is 0. The van der Waals surface area contributed by atoms with Gasteiger partial charge in [-0.25, -0.2) is 9.78 Å². The van der Waals surface area contributed by atoms with Crippen molar-refractivity contribution in [3.63, 3.8) is 0 Å². The van der Waals surface area contributed by atoms with Crippen molar-refractivity contribution in [2.24, 2.45) is 0 Å². The van der Waals surface area contributed by atoms with Crippen LogP contribution in [0.1, 0.15) is 28.8 Å². The number of nitrogens with zero attached hydrogens (tertiary/aromatic N) is 2. The Labute approximate surface area is 165 Å². The van der Waals surface area contributed by atoms with Gasteiger partial charge in [-0.1, -0.05) is 6.07 Å². The number of rotatable bonds is 7. The molecule has 0 atom stereocenters. The van der Waals surface area contributed by atoms with Gasteiger partial charge in [-0.05, 0) is 68.5 Å². The highest BCUT2D eigenvalue weighted by atomic mass is 16.2. The van der Waals surface area contributed by atoms with Gasteiger partial charge >= 0.3 is 6.03 Å². The fraction of sp³-hybridized carbons (Fsp3) is 0.286. The Morgan fingerprint density at radius 2 is 1.89 bits per heavy atom. The van der Waals surface area contributed by atoms with Gasteiger partial charge in [-0.15, -0.1) is 0 Å². The summed E-state index contributed by atoms with van der Waals surface area (Å²) in [4.78, 5) is 24.0. The molecule has 7 nitrogen and oxygen atoms in total. The molecule has 0 unspecified atom stereocenters. The number of nitrogens with one attached hydrogen (secondary N) is 4. The van der Waals surface area contributed by atoms with Crippen molar-refractivity contribution < 1.29 is 4.79 Å². The third-order valence-electron chi connectivity index (χ3n) is 4.46. The molecule has 0 radical (unpaired) electrons. The van der Waals surface area contributed by atoms with Crippen molar-refractivity contribution in [3.05, 3.63) is 65.1 Å². The first-order valence-corrected chi connectivity index (χ1v) is 9.36. The van der Waals surface area contributed by atoms with Crippen molar-refractivity contribution in [2.75, 3.05) is 22.5 Å². The maximum absolute atomic E-state index is 12.3. The van der Waals surface area contributed by atoms with Gasteiger partial charge in [0, 0.05) is 36.4 Å². The number of urea groups is 1. The van der Waals surface area contributed by atoms with Gasteiger partial charge in [0.05, 0.1) is 0 Å². The summed E-state index contributed by atoms with van der Waals surface area (Å²) in [5.74, 6) is 0.970. The van der Waals surface area contributed by atoms with E-state index in [1.165, 1.54) is 11.1 Å². The highest BCUT2D eigenvalue weighted by molar-refractivity contribution is 5.98. The number of aryl methyl sites for hydroxylation is 4. The molecule has 0 aliphatic rings. The highest BCUT2D eigenvalue weighted by Crippen LogP contribution is 2.15. The van der Waals surface area contributed by atoms with Crippen LogP contribution < -0.4 is 16.0 Å². The quantitative estimate of drug-likeness (QED) is 0.458. The number of benzene rings is 1. The van der Waals surface area contributed by atoms with E-state index >= 15 is 0 Å². The lowest BCUT2D eigenvalue weighted by molar-refractivity contribution is 0.262. The summed E-state index contributed by atoms with van der Waals surface area (Å²) in [5.41, 5.74) is 5.10. The van der Waals surface area contributed by atoms with E-state index in [9.17, 15) is 4.79 Å². The van der Waals surface area contributed by atoms with Gasteiger partial charge in [0.2, 0.25) is 5.95 Å². The van der Waals surface area contributed by atoms with Gasteiger partial charge in [0.1, 0.15) is 5.82 Å². The summed E-state index contributed by atoms with van der Waals surface area (Å²) in [5, 5.41) is 8.81. The van der Waals surface area contributed by atoms with Crippen LogP contribution in [-0.2, 0) is 6.42 Å². The third-order valence-corrected chi connectivity index (χ3v) is 4.46. The van der Waals surface area contributed by atoms with E-state index in [2.05, 4.69) is 37.0 Å². The van der Waals surface area contributed by atoms with Crippen molar-refractivity contribution in [1.29, 1.82) is 0 Å². The minimum absolute atomic E-state index is 0.273. The molecule has 1 aromatic carbocycles. The molecule has 0 saturated heterocycles. The lowest BCUT2D eigenvalue weighted by Crippen LogP contribution is -2.21. The van der Waals surface area contributed by atoms with Crippen LogP contribution in [0.25, 0.3) is 0 Å². The second kappa shape index (κ2) is 9.03. The van der Waals surface area contributed by atoms with Crippen LogP contribution in [0.3, 0.4) is 0 Å². The third kappa shape index (κ3) is 5.57. The fourth-order valence-electron chi connectivity index (χ4n) is 2.82. The molecule has 3 rings (SSSR count). The van der Waals surface area contributed by atoms with Gasteiger partial charge in [-0.3, -0.25) is 5.32 Å². The van der Waals surface area contributed by atoms with Crippen LogP contribution in [0, 0.1) is 20.8 Å². The monoisotopic (exact) mass is 378 g/mol. The Kier molecular flexibility index (Phi) is 6.26. The Bertz CT molecular complexity index is 936. The van der Waals surface area contributed by atoms with Crippen LogP contribution in [0.2, 0.25) is 0 Å². The molecule has 2 aromatic heterocycles. The smallest absolute Gasteiger partial charge is 0.326 e. The zero-order valence-electron chi connectivity index (χ0n) is 16.5. The molecule has 2 heterocycles. The number of hydrogen-bond donors (Lipinski definition) is 4. The lowest BCUT2D eigenvalue weighted by Gasteiger charge is -2.11. The van der Waals surface area contributed by atoms with Crippen LogP contribution in [0.5, 0.6) is 0 Å². The van der Waals surface area contributed by atoms with Crippen LogP contribution in [-0.4, -0.2) is 27.5 Å². The number of aromatic amines is 1. The van der Waals surface area contributed by atoms with Gasteiger partial charge < -0.3 is 15.6 Å². The molecule has 0 fully saturated rings. The summed E-state index contributed by atoms with van der Waals surface area (Å²) in [6, 6.07) is 9.35. The fourth-order valence-corrected chi connectivity index (χ4v) is 2.82. The Hall–Kier alpha value is -3.35. The number of aromatic nitrogens is 3. The minimum Gasteiger partial charge on any atom is -0.370 e. The first-order chi connectivity index (χ1) is 13.5. The number of carbonyl (C=O) groups is 1. The highest BCUT2D eigenvalue weighted by Gasteiger charge is 2.08. The summed E-state index contributed by atoms with van der Waals surface area (Å²) in [6.07, 6.45) is 5.91. The molecular formula is C21H26N6O. The molecule has 0 saturated carbocycles. The zero-order valence-corrected chi connectivity index (χ0v) is 16.5. The largest absolute Gasteiger partial charge is 0.370 e. The summed E-state index contributed by atoms with van der Waals surface area (Å²) >= 11 is 0. The van der Waals surface area contributed by atoms with E-state index in [1.54, 1.807) is 0 Å². The summed E-state index contributed by atoms with van der Waals surface area (Å²) in [6.45, 7) is 6.71. The number of hydrogen-bond acceptors (Lipinski definition) is 4. The minimum atomic E-state index is -0.368. The summed E-state index contributed by atoms with van der Waals surface area (Å²) in [7, 11) is 0. The number of amides is 2. The lowest BCUT2D eigenvalue weighted by atomic mass is 10.1. The maximum Gasteiger partial charge on any atom is 0.326 e. The predicted octanol–water partition coefficient (Wildman–Crippen LogP) is 4.42. The molecule has 0 bridgehead atoms. The molecule has 7 heteroatoms. The van der Waals surface area contributed by atoms with E-state index in [0.29, 0.717) is 5.82 Å². The Morgan fingerprint density at radius 3 is 2.64 bits per heavy atom. The van der Waals surface area contributed by atoms with Gasteiger partial charge in [0.25, 0.3) is 0 Å². The Morgan fingerprint density at radius 1 is 1.04 bits per heavy atom. The molecule has 0 aliphatic carbocycles. The van der Waals surface area contributed by atoms with Crippen LogP contribution in [0.15, 0.2) is 42.7 Å². The molecule has 3 aromatic rings. The molecule has 4 N–H and O–H groups in total. The second-order valence-corrected chi connectivity index (χ2v) is 6.85. The maximum atomic E-state index is 12.3. The zero-order chi connectivity index (χ0) is 19.9. The molecule has 0 aliphatic heterocycles. The van der Waals surface area contributed by atoms with E-state index in [4.69, 9.17) is 0 Å². The normalized spacial score (nSPS) is 10.5. The van der Waals surface area contributed by atoms with E-state index < -0.39 is 0 Å². The average molecular weight is 378 g/mol. The molecular weight excluding hydrogens is 352 g/mol. The first-order valence-electron chi connectivity index (χ1n) is 9.36. The Balaban J connectivity index is 1.54. The molecule has 146 valence electrons. The van der Waals surface area contributed by atoms with Crippen molar-refractivity contribution >= 4 is 23.5 Å². The van der Waals surface area contributed by atoms with Crippen molar-refractivity contribution in [1.82, 2.24) is 15.0 Å². The average Bonchev–Trinajstić information content (AvgIpc) is 3.15. The predicted molar refractivity (Wildman–Crippen MR) is 113 cm³/mol. The first kappa shape index (κ1) is 19.4.